The fourth-order valence-electron chi connectivity index (χ4n) is 2.36. The smallest absolute Gasteiger partial charge is 0.280 e. The molecule has 0 saturated heterocycles. The fraction of sp³-hybridized carbons (Fsp3) is 0.312. The molecule has 0 atom stereocenters. The summed E-state index contributed by atoms with van der Waals surface area (Å²) in [4.78, 5) is 32.4. The lowest BCUT2D eigenvalue weighted by molar-refractivity contribution is -0.121. The predicted octanol–water partition coefficient (Wildman–Crippen LogP) is 0.942. The van der Waals surface area contributed by atoms with Crippen molar-refractivity contribution in [1.82, 2.24) is 29.5 Å². The van der Waals surface area contributed by atoms with Crippen molar-refractivity contribution in [3.8, 4) is 5.75 Å². The molecule has 26 heavy (non-hydrogen) atoms. The molecule has 10 heteroatoms. The Labute approximate surface area is 157 Å². The van der Waals surface area contributed by atoms with Crippen LogP contribution in [0.1, 0.15) is 12.1 Å². The van der Waals surface area contributed by atoms with Crippen LogP contribution in [-0.2, 0) is 11.3 Å². The second kappa shape index (κ2) is 8.09. The Bertz CT molecular complexity index is 984. The Balaban J connectivity index is 1.46. The van der Waals surface area contributed by atoms with Crippen LogP contribution in [0.25, 0.3) is 5.52 Å². The number of carbonyl (C=O) groups excluding carboxylic acids is 1. The lowest BCUT2D eigenvalue weighted by atomic mass is 10.4. The Kier molecular flexibility index (Phi) is 5.61. The van der Waals surface area contributed by atoms with Crippen LogP contribution < -0.4 is 15.6 Å². The van der Waals surface area contributed by atoms with Gasteiger partial charge in [-0.1, -0.05) is 0 Å². The lowest BCUT2D eigenvalue weighted by Crippen LogP contribution is -2.34. The first-order valence-electron chi connectivity index (χ1n) is 7.94. The van der Waals surface area contributed by atoms with E-state index in [-0.39, 0.29) is 18.0 Å². The first kappa shape index (κ1) is 18.1. The van der Waals surface area contributed by atoms with E-state index in [1.807, 2.05) is 6.07 Å². The van der Waals surface area contributed by atoms with Crippen LogP contribution in [0.3, 0.4) is 0 Å². The molecule has 3 aromatic heterocycles. The van der Waals surface area contributed by atoms with Crippen molar-refractivity contribution in [2.75, 3.05) is 13.2 Å². The highest BCUT2D eigenvalue weighted by Gasteiger charge is 2.10. The molecule has 3 rings (SSSR count). The second-order valence-corrected chi connectivity index (χ2v) is 6.49. The molecule has 0 bridgehead atoms. The normalized spacial score (nSPS) is 10.8. The number of rotatable bonds is 7. The number of ether oxygens (including phenoxy) is 1. The Morgan fingerprint density at radius 2 is 2.19 bits per heavy atom. The number of fused-ring (bicyclic) bond motifs is 1. The summed E-state index contributed by atoms with van der Waals surface area (Å²) in [7, 11) is 0. The van der Waals surface area contributed by atoms with Gasteiger partial charge in [0.1, 0.15) is 24.9 Å². The topological polar surface area (TPSA) is 103 Å². The van der Waals surface area contributed by atoms with Crippen molar-refractivity contribution in [2.24, 2.45) is 0 Å². The van der Waals surface area contributed by atoms with Crippen molar-refractivity contribution in [1.29, 1.82) is 0 Å². The molecular weight excluding hydrogens is 404 g/mol. The molecule has 0 saturated carbocycles. The van der Waals surface area contributed by atoms with Crippen LogP contribution in [-0.4, -0.2) is 43.2 Å². The van der Waals surface area contributed by atoms with Gasteiger partial charge < -0.3 is 10.1 Å². The third-order valence-corrected chi connectivity index (χ3v) is 4.05. The molecule has 0 aliphatic rings. The molecule has 0 aliphatic heterocycles. The summed E-state index contributed by atoms with van der Waals surface area (Å²) in [6.45, 7) is 2.52. The van der Waals surface area contributed by atoms with Gasteiger partial charge in [0.05, 0.1) is 18.5 Å². The number of imidazole rings is 1. The van der Waals surface area contributed by atoms with Gasteiger partial charge in [0.2, 0.25) is 5.91 Å². The van der Waals surface area contributed by atoms with Crippen molar-refractivity contribution in [2.45, 2.75) is 19.9 Å². The predicted molar refractivity (Wildman–Crippen MR) is 97.0 cm³/mol. The third kappa shape index (κ3) is 4.26. The quantitative estimate of drug-likeness (QED) is 0.570. The molecular formula is C16H17BrN6O3. The Morgan fingerprint density at radius 3 is 3.00 bits per heavy atom. The number of halogens is 1. The summed E-state index contributed by atoms with van der Waals surface area (Å²) in [6, 6.07) is 1.82. The van der Waals surface area contributed by atoms with Crippen LogP contribution in [0, 0.1) is 6.92 Å². The highest BCUT2D eigenvalue weighted by Crippen LogP contribution is 2.15. The number of amides is 1. The minimum absolute atomic E-state index is 0.0939. The van der Waals surface area contributed by atoms with E-state index in [9.17, 15) is 9.59 Å². The highest BCUT2D eigenvalue weighted by atomic mass is 79.9. The van der Waals surface area contributed by atoms with Crippen LogP contribution >= 0.6 is 15.9 Å². The average Bonchev–Trinajstić information content (AvgIpc) is 2.99. The minimum Gasteiger partial charge on any atom is -0.492 e. The van der Waals surface area contributed by atoms with Crippen molar-refractivity contribution < 1.29 is 9.53 Å². The summed E-state index contributed by atoms with van der Waals surface area (Å²) < 4.78 is 9.05. The fourth-order valence-corrected chi connectivity index (χ4v) is 2.70. The molecule has 3 heterocycles. The number of hydrogen-bond donors (Lipinski definition) is 1. The van der Waals surface area contributed by atoms with Gasteiger partial charge in [0, 0.05) is 17.2 Å². The summed E-state index contributed by atoms with van der Waals surface area (Å²) in [6.07, 6.45) is 6.73. The van der Waals surface area contributed by atoms with Gasteiger partial charge in [-0.3, -0.25) is 19.1 Å². The zero-order chi connectivity index (χ0) is 18.5. The third-order valence-electron chi connectivity index (χ3n) is 3.62. The first-order chi connectivity index (χ1) is 12.5. The molecule has 1 N–H and O–H groups in total. The zero-order valence-electron chi connectivity index (χ0n) is 14.1. The van der Waals surface area contributed by atoms with Gasteiger partial charge in [0.15, 0.2) is 5.52 Å². The molecule has 1 amide bonds. The molecule has 0 unspecified atom stereocenters. The van der Waals surface area contributed by atoms with E-state index >= 15 is 0 Å². The molecule has 0 spiro atoms. The maximum Gasteiger partial charge on any atom is 0.280 e. The number of aromatic nitrogens is 5. The van der Waals surface area contributed by atoms with Gasteiger partial charge in [-0.15, -0.1) is 0 Å². The Morgan fingerprint density at radius 1 is 1.35 bits per heavy atom. The van der Waals surface area contributed by atoms with Crippen molar-refractivity contribution in [3.05, 3.63) is 51.6 Å². The van der Waals surface area contributed by atoms with Gasteiger partial charge in [-0.25, -0.2) is 9.50 Å². The molecule has 9 nitrogen and oxygen atoms in total. The molecule has 0 fully saturated rings. The summed E-state index contributed by atoms with van der Waals surface area (Å²) in [5.74, 6) is 0.396. The number of hydrogen-bond acceptors (Lipinski definition) is 6. The monoisotopic (exact) mass is 420 g/mol. The van der Waals surface area contributed by atoms with Crippen molar-refractivity contribution >= 4 is 27.4 Å². The molecule has 0 aromatic carbocycles. The summed E-state index contributed by atoms with van der Waals surface area (Å²) >= 11 is 3.32. The summed E-state index contributed by atoms with van der Waals surface area (Å²) in [5.41, 5.74) is 0.656. The van der Waals surface area contributed by atoms with E-state index in [4.69, 9.17) is 4.74 Å². The minimum atomic E-state index is -0.296. The number of pyridine rings is 1. The van der Waals surface area contributed by atoms with Gasteiger partial charge in [-0.2, -0.15) is 5.10 Å². The molecule has 3 aromatic rings. The Hall–Kier alpha value is -2.75. The highest BCUT2D eigenvalue weighted by molar-refractivity contribution is 9.10. The van der Waals surface area contributed by atoms with Crippen LogP contribution in [0.2, 0.25) is 0 Å². The standard InChI is InChI=1S/C16H17BrN6O3/c1-11-15-16(25)22(10-21-23(15)9-20-11)8-14(24)19-3-2-4-26-13-5-12(17)6-18-7-13/h5-7,9-10H,2-4,8H2,1H3,(H,19,24). The number of nitrogens with zero attached hydrogens (tertiary/aromatic N) is 5. The van der Waals surface area contributed by atoms with Gasteiger partial charge in [0.25, 0.3) is 5.56 Å². The molecule has 136 valence electrons. The number of carbonyl (C=O) groups is 1. The van der Waals surface area contributed by atoms with Crippen molar-refractivity contribution in [3.63, 3.8) is 0 Å². The maximum absolute atomic E-state index is 12.4. The first-order valence-corrected chi connectivity index (χ1v) is 8.73. The average molecular weight is 421 g/mol. The van der Waals surface area contributed by atoms with Crippen LogP contribution in [0.5, 0.6) is 5.75 Å². The van der Waals surface area contributed by atoms with Gasteiger partial charge in [-0.05, 0) is 35.3 Å². The van der Waals surface area contributed by atoms with Gasteiger partial charge >= 0.3 is 0 Å². The van der Waals surface area contributed by atoms with Crippen LogP contribution in [0.4, 0.5) is 0 Å². The van der Waals surface area contributed by atoms with Crippen LogP contribution in [0.15, 0.2) is 40.4 Å². The van der Waals surface area contributed by atoms with E-state index in [0.29, 0.717) is 36.5 Å². The van der Waals surface area contributed by atoms with E-state index in [0.717, 1.165) is 4.47 Å². The largest absolute Gasteiger partial charge is 0.492 e. The van der Waals surface area contributed by atoms with E-state index in [1.165, 1.54) is 21.7 Å². The summed E-state index contributed by atoms with van der Waals surface area (Å²) in [5, 5.41) is 6.83. The SMILES string of the molecule is Cc1ncn2ncn(CC(=O)NCCCOc3cncc(Br)c3)c(=O)c12. The second-order valence-electron chi connectivity index (χ2n) is 5.58. The maximum atomic E-state index is 12.4. The molecule has 0 aliphatic carbocycles. The van der Waals surface area contributed by atoms with E-state index in [1.54, 1.807) is 19.3 Å². The number of nitrogens with one attached hydrogen (secondary N) is 1. The molecule has 0 radical (unpaired) electrons. The zero-order valence-corrected chi connectivity index (χ0v) is 15.6. The van der Waals surface area contributed by atoms with E-state index < -0.39 is 0 Å². The number of aryl methyl sites for hydroxylation is 1. The van der Waals surface area contributed by atoms with E-state index in [2.05, 4.69) is 36.3 Å². The lowest BCUT2D eigenvalue weighted by Gasteiger charge is -2.08.